The molecule has 0 unspecified atom stereocenters. The van der Waals surface area contributed by atoms with Gasteiger partial charge >= 0.3 is 5.97 Å². The minimum absolute atomic E-state index is 0.157. The van der Waals surface area contributed by atoms with Crippen LogP contribution in [0.4, 0.5) is 0 Å². The van der Waals surface area contributed by atoms with Gasteiger partial charge in [-0.3, -0.25) is 0 Å². The third-order valence-corrected chi connectivity index (χ3v) is 1.89. The fourth-order valence-electron chi connectivity index (χ4n) is 1.00. The summed E-state index contributed by atoms with van der Waals surface area (Å²) in [5, 5.41) is 18.8. The third kappa shape index (κ3) is 1.13. The second kappa shape index (κ2) is 2.57. The summed E-state index contributed by atoms with van der Waals surface area (Å²) in [7, 11) is 0. The van der Waals surface area contributed by atoms with Crippen molar-refractivity contribution < 1.29 is 19.7 Å². The Hall–Kier alpha value is -0.870. The van der Waals surface area contributed by atoms with Gasteiger partial charge in [0.2, 0.25) is 0 Å². The zero-order valence-corrected chi connectivity index (χ0v) is 7.29. The van der Waals surface area contributed by atoms with Crippen molar-refractivity contribution in [3.05, 3.63) is 11.3 Å². The lowest BCUT2D eigenvalue weighted by Crippen LogP contribution is -2.40. The predicted molar refractivity (Wildman–Crippen MR) is 41.1 cm³/mol. The number of esters is 1. The molecule has 4 heteroatoms. The Labute approximate surface area is 70.5 Å². The van der Waals surface area contributed by atoms with E-state index in [1.54, 1.807) is 13.8 Å². The van der Waals surface area contributed by atoms with Crippen LogP contribution < -0.4 is 0 Å². The number of carbonyl (C=O) groups excluding carboxylic acids is 1. The number of carbonyl (C=O) groups is 1. The Kier molecular flexibility index (Phi) is 1.97. The topological polar surface area (TPSA) is 66.8 Å². The van der Waals surface area contributed by atoms with Crippen molar-refractivity contribution in [1.82, 2.24) is 0 Å². The van der Waals surface area contributed by atoms with Crippen LogP contribution in [0.3, 0.4) is 0 Å². The van der Waals surface area contributed by atoms with E-state index in [9.17, 15) is 15.0 Å². The third-order valence-electron chi connectivity index (χ3n) is 1.89. The molecule has 1 fully saturated rings. The van der Waals surface area contributed by atoms with Crippen LogP contribution >= 0.6 is 0 Å². The minimum Gasteiger partial charge on any atom is -0.426 e. The number of ether oxygens (including phenoxy) is 1. The lowest BCUT2D eigenvalue weighted by atomic mass is 10.00. The van der Waals surface area contributed by atoms with E-state index in [-0.39, 0.29) is 5.76 Å². The Bertz CT molecular complexity index is 248. The molecule has 0 amide bonds. The summed E-state index contributed by atoms with van der Waals surface area (Å²) in [6.07, 6.45) is -1.24. The number of aliphatic hydroxyl groups excluding tert-OH is 1. The van der Waals surface area contributed by atoms with Crippen LogP contribution in [0.5, 0.6) is 0 Å². The molecular weight excluding hydrogens is 160 g/mol. The molecule has 1 heterocycles. The van der Waals surface area contributed by atoms with Crippen molar-refractivity contribution in [2.45, 2.75) is 32.5 Å². The molecule has 0 aliphatic carbocycles. The van der Waals surface area contributed by atoms with Gasteiger partial charge in [0.1, 0.15) is 5.76 Å². The summed E-state index contributed by atoms with van der Waals surface area (Å²) in [4.78, 5) is 11.0. The van der Waals surface area contributed by atoms with E-state index in [2.05, 4.69) is 0 Å². The Morgan fingerprint density at radius 2 is 2.08 bits per heavy atom. The lowest BCUT2D eigenvalue weighted by Gasteiger charge is -2.14. The Morgan fingerprint density at radius 1 is 1.58 bits per heavy atom. The van der Waals surface area contributed by atoms with Gasteiger partial charge in [-0.05, 0) is 26.3 Å². The van der Waals surface area contributed by atoms with Crippen molar-refractivity contribution in [1.29, 1.82) is 0 Å². The van der Waals surface area contributed by atoms with E-state index >= 15 is 0 Å². The molecule has 12 heavy (non-hydrogen) atoms. The van der Waals surface area contributed by atoms with E-state index < -0.39 is 17.7 Å². The van der Waals surface area contributed by atoms with Crippen molar-refractivity contribution in [3.8, 4) is 0 Å². The average molecular weight is 172 g/mol. The number of hydrogen-bond acceptors (Lipinski definition) is 4. The van der Waals surface area contributed by atoms with Gasteiger partial charge in [0, 0.05) is 0 Å². The van der Waals surface area contributed by atoms with Crippen LogP contribution in [0.25, 0.3) is 0 Å². The van der Waals surface area contributed by atoms with Gasteiger partial charge in [-0.25, -0.2) is 4.79 Å². The van der Waals surface area contributed by atoms with Gasteiger partial charge in [0.05, 0.1) is 0 Å². The molecule has 0 spiro atoms. The van der Waals surface area contributed by atoms with Gasteiger partial charge in [0.15, 0.2) is 11.7 Å². The Morgan fingerprint density at radius 3 is 2.25 bits per heavy atom. The molecule has 68 valence electrons. The van der Waals surface area contributed by atoms with Crippen LogP contribution in [0, 0.1) is 0 Å². The van der Waals surface area contributed by atoms with Crippen LogP contribution in [0.15, 0.2) is 11.3 Å². The van der Waals surface area contributed by atoms with Gasteiger partial charge in [-0.1, -0.05) is 0 Å². The first-order chi connectivity index (χ1) is 5.37. The SMILES string of the molecule is CC(C)=C1OC(=O)[C@](C)(O)[C@@H]1O. The van der Waals surface area contributed by atoms with Gasteiger partial charge < -0.3 is 14.9 Å². The molecule has 2 N–H and O–H groups in total. The second-order valence-electron chi connectivity index (χ2n) is 3.30. The van der Waals surface area contributed by atoms with E-state index in [1.807, 2.05) is 0 Å². The van der Waals surface area contributed by atoms with Crippen molar-refractivity contribution in [2.24, 2.45) is 0 Å². The summed E-state index contributed by atoms with van der Waals surface area (Å²) in [6.45, 7) is 4.64. The highest BCUT2D eigenvalue weighted by Crippen LogP contribution is 2.30. The standard InChI is InChI=1S/C8H12O4/c1-4(2)5-6(9)8(3,11)7(10)12-5/h6,9,11H,1-3H3/t6-,8-/m1/s1. The summed E-state index contributed by atoms with van der Waals surface area (Å²) >= 11 is 0. The molecule has 1 saturated heterocycles. The van der Waals surface area contributed by atoms with E-state index in [1.165, 1.54) is 6.92 Å². The molecule has 1 aliphatic heterocycles. The Balaban J connectivity index is 3.07. The van der Waals surface area contributed by atoms with E-state index in [0.717, 1.165) is 0 Å². The van der Waals surface area contributed by atoms with Crippen LogP contribution in [0.1, 0.15) is 20.8 Å². The first kappa shape index (κ1) is 9.22. The molecule has 1 rings (SSSR count). The summed E-state index contributed by atoms with van der Waals surface area (Å²) < 4.78 is 4.69. The monoisotopic (exact) mass is 172 g/mol. The van der Waals surface area contributed by atoms with Crippen LogP contribution in [0.2, 0.25) is 0 Å². The maximum Gasteiger partial charge on any atom is 0.346 e. The summed E-state index contributed by atoms with van der Waals surface area (Å²) in [5.41, 5.74) is -1.11. The quantitative estimate of drug-likeness (QED) is 0.503. The first-order valence-corrected chi connectivity index (χ1v) is 3.67. The van der Waals surface area contributed by atoms with Crippen LogP contribution in [-0.2, 0) is 9.53 Å². The zero-order valence-electron chi connectivity index (χ0n) is 7.29. The number of aliphatic hydroxyl groups is 2. The van der Waals surface area contributed by atoms with Crippen molar-refractivity contribution >= 4 is 5.97 Å². The smallest absolute Gasteiger partial charge is 0.346 e. The molecule has 0 aromatic carbocycles. The van der Waals surface area contributed by atoms with Gasteiger partial charge in [-0.2, -0.15) is 0 Å². The second-order valence-corrected chi connectivity index (χ2v) is 3.30. The van der Waals surface area contributed by atoms with Gasteiger partial charge in [0.25, 0.3) is 0 Å². The fraction of sp³-hybridized carbons (Fsp3) is 0.625. The molecule has 0 radical (unpaired) electrons. The van der Waals surface area contributed by atoms with Crippen molar-refractivity contribution in [2.75, 3.05) is 0 Å². The lowest BCUT2D eigenvalue weighted by molar-refractivity contribution is -0.153. The largest absolute Gasteiger partial charge is 0.426 e. The molecule has 0 aromatic rings. The minimum atomic E-state index is -1.80. The zero-order chi connectivity index (χ0) is 9.52. The van der Waals surface area contributed by atoms with Crippen LogP contribution in [-0.4, -0.2) is 27.9 Å². The predicted octanol–water partition coefficient (Wildman–Crippen LogP) is -0.0510. The highest BCUT2D eigenvalue weighted by molar-refractivity contribution is 5.84. The summed E-state index contributed by atoms with van der Waals surface area (Å²) in [6, 6.07) is 0. The number of cyclic esters (lactones) is 1. The summed E-state index contributed by atoms with van der Waals surface area (Å²) in [5.74, 6) is -0.642. The van der Waals surface area contributed by atoms with Crippen molar-refractivity contribution in [3.63, 3.8) is 0 Å². The average Bonchev–Trinajstić information content (AvgIpc) is 2.13. The number of rotatable bonds is 0. The molecule has 4 nitrogen and oxygen atoms in total. The maximum atomic E-state index is 11.0. The fourth-order valence-corrected chi connectivity index (χ4v) is 1.00. The highest BCUT2D eigenvalue weighted by atomic mass is 16.6. The van der Waals surface area contributed by atoms with E-state index in [4.69, 9.17) is 4.74 Å². The first-order valence-electron chi connectivity index (χ1n) is 3.67. The molecule has 0 bridgehead atoms. The van der Waals surface area contributed by atoms with Gasteiger partial charge in [-0.15, -0.1) is 0 Å². The highest BCUT2D eigenvalue weighted by Gasteiger charge is 2.50. The normalized spacial score (nSPS) is 35.2. The molecule has 1 aliphatic rings. The maximum absolute atomic E-state index is 11.0. The molecule has 0 aromatic heterocycles. The van der Waals surface area contributed by atoms with E-state index in [0.29, 0.717) is 5.57 Å². The number of hydrogen-bond donors (Lipinski definition) is 2. The molecule has 0 saturated carbocycles. The molecule has 2 atom stereocenters. The molecular formula is C8H12O4. The number of allylic oxidation sites excluding steroid dienone is 1.